The van der Waals surface area contributed by atoms with Gasteiger partial charge in [0.25, 0.3) is 0 Å². The van der Waals surface area contributed by atoms with Gasteiger partial charge in [-0.2, -0.15) is 0 Å². The minimum atomic E-state index is -0.816. The average molecular weight is 492 g/mol. The van der Waals surface area contributed by atoms with E-state index < -0.39 is 5.60 Å². The molecule has 9 heteroatoms. The van der Waals surface area contributed by atoms with Gasteiger partial charge >= 0.3 is 0 Å². The molecule has 36 heavy (non-hydrogen) atoms. The molecule has 9 nitrogen and oxygen atoms in total. The van der Waals surface area contributed by atoms with Crippen molar-refractivity contribution in [2.75, 3.05) is 26.4 Å². The fourth-order valence-corrected chi connectivity index (χ4v) is 6.95. The van der Waals surface area contributed by atoms with E-state index in [1.807, 2.05) is 50.0 Å². The first kappa shape index (κ1) is 22.6. The Morgan fingerprint density at radius 2 is 2.08 bits per heavy atom. The van der Waals surface area contributed by atoms with Crippen LogP contribution in [0.15, 0.2) is 30.6 Å². The van der Waals surface area contributed by atoms with Crippen molar-refractivity contribution < 1.29 is 19.3 Å². The number of rotatable bonds is 5. The molecule has 0 amide bonds. The second-order valence-corrected chi connectivity index (χ2v) is 11.7. The monoisotopic (exact) mass is 491 g/mol. The maximum atomic E-state index is 10.7. The van der Waals surface area contributed by atoms with Gasteiger partial charge in [0.1, 0.15) is 17.5 Å². The minimum absolute atomic E-state index is 0.000452. The molecule has 6 heterocycles. The van der Waals surface area contributed by atoms with Gasteiger partial charge in [-0.15, -0.1) is 5.10 Å². The van der Waals surface area contributed by atoms with Crippen LogP contribution in [-0.4, -0.2) is 73.5 Å². The molecular formula is C27H33N5O4. The van der Waals surface area contributed by atoms with Gasteiger partial charge in [0.05, 0.1) is 55.3 Å². The molecule has 1 saturated carbocycles. The molecule has 1 unspecified atom stereocenters. The molecule has 3 aromatic rings. The first-order valence-corrected chi connectivity index (χ1v) is 12.9. The van der Waals surface area contributed by atoms with Crippen molar-refractivity contribution in [1.29, 1.82) is 0 Å². The highest BCUT2D eigenvalue weighted by molar-refractivity contribution is 5.84. The third-order valence-electron chi connectivity index (χ3n) is 8.75. The van der Waals surface area contributed by atoms with Crippen LogP contribution >= 0.6 is 0 Å². The van der Waals surface area contributed by atoms with Crippen molar-refractivity contribution in [3.05, 3.63) is 47.4 Å². The van der Waals surface area contributed by atoms with Gasteiger partial charge in [-0.05, 0) is 69.4 Å². The van der Waals surface area contributed by atoms with Crippen molar-refractivity contribution in [2.24, 2.45) is 0 Å². The number of ether oxygens (including phenoxy) is 3. The van der Waals surface area contributed by atoms with Crippen molar-refractivity contribution >= 4 is 10.9 Å². The fraction of sp³-hybridized carbons (Fsp3) is 0.593. The Bertz CT molecular complexity index is 1330. The summed E-state index contributed by atoms with van der Waals surface area (Å²) < 4.78 is 19.9. The van der Waals surface area contributed by atoms with Crippen molar-refractivity contribution in [1.82, 2.24) is 24.9 Å². The molecule has 1 spiro atoms. The van der Waals surface area contributed by atoms with Gasteiger partial charge in [-0.3, -0.25) is 9.88 Å². The Labute approximate surface area is 210 Å². The summed E-state index contributed by atoms with van der Waals surface area (Å²) in [7, 11) is 0. The SMILES string of the molecule is C[C@@H](Oc1ccc2ncc3c(c2c1)CCOC3)c1cn(C23CN4C(C(C)(C)O)COCC4(C2)C3)nn1. The number of morpholine rings is 1. The summed E-state index contributed by atoms with van der Waals surface area (Å²) in [6.07, 6.45) is 6.55. The number of fused-ring (bicyclic) bond motifs is 3. The van der Waals surface area contributed by atoms with Crippen LogP contribution in [0.4, 0.5) is 0 Å². The highest BCUT2D eigenvalue weighted by Crippen LogP contribution is 2.60. The largest absolute Gasteiger partial charge is 0.484 e. The first-order chi connectivity index (χ1) is 17.3. The lowest BCUT2D eigenvalue weighted by Crippen LogP contribution is -2.65. The second-order valence-electron chi connectivity index (χ2n) is 11.7. The molecule has 5 aliphatic rings. The van der Waals surface area contributed by atoms with Gasteiger partial charge in [-0.25, -0.2) is 4.68 Å². The molecule has 4 fully saturated rings. The lowest BCUT2D eigenvalue weighted by Gasteiger charge is -2.53. The zero-order valence-corrected chi connectivity index (χ0v) is 21.1. The Morgan fingerprint density at radius 1 is 1.22 bits per heavy atom. The third kappa shape index (κ3) is 3.33. The van der Waals surface area contributed by atoms with E-state index in [0.29, 0.717) is 13.2 Å². The Morgan fingerprint density at radius 3 is 2.92 bits per heavy atom. The molecule has 2 bridgehead atoms. The van der Waals surface area contributed by atoms with Crippen molar-refractivity contribution in [3.63, 3.8) is 0 Å². The number of benzene rings is 1. The van der Waals surface area contributed by atoms with E-state index in [-0.39, 0.29) is 23.2 Å². The first-order valence-electron chi connectivity index (χ1n) is 12.9. The van der Waals surface area contributed by atoms with E-state index in [9.17, 15) is 5.11 Å². The number of aromatic nitrogens is 4. The topological polar surface area (TPSA) is 94.8 Å². The van der Waals surface area contributed by atoms with Gasteiger partial charge in [-0.1, -0.05) is 5.21 Å². The maximum absolute atomic E-state index is 10.7. The van der Waals surface area contributed by atoms with Gasteiger partial charge in [0.2, 0.25) is 0 Å². The molecular weight excluding hydrogens is 458 g/mol. The number of hydrogen-bond donors (Lipinski definition) is 1. The third-order valence-corrected chi connectivity index (χ3v) is 8.75. The van der Waals surface area contributed by atoms with Crippen LogP contribution in [-0.2, 0) is 28.0 Å². The predicted octanol–water partition coefficient (Wildman–Crippen LogP) is 2.75. The van der Waals surface area contributed by atoms with Crippen LogP contribution in [0.3, 0.4) is 0 Å². The summed E-state index contributed by atoms with van der Waals surface area (Å²) >= 11 is 0. The summed E-state index contributed by atoms with van der Waals surface area (Å²) in [5, 5.41) is 20.9. The van der Waals surface area contributed by atoms with Gasteiger partial charge in [0.15, 0.2) is 0 Å². The Balaban J connectivity index is 1.11. The number of aliphatic hydroxyl groups is 1. The van der Waals surface area contributed by atoms with Crippen LogP contribution in [0.2, 0.25) is 0 Å². The molecule has 4 aliphatic heterocycles. The smallest absolute Gasteiger partial charge is 0.141 e. The molecule has 8 rings (SSSR count). The molecule has 1 aromatic carbocycles. The highest BCUT2D eigenvalue weighted by atomic mass is 16.5. The summed E-state index contributed by atoms with van der Waals surface area (Å²) in [4.78, 5) is 7.06. The molecule has 0 radical (unpaired) electrons. The normalized spacial score (nSPS) is 30.5. The van der Waals surface area contributed by atoms with Crippen molar-refractivity contribution in [3.8, 4) is 5.75 Å². The number of nitrogens with zero attached hydrogens (tertiary/aromatic N) is 5. The Kier molecular flexibility index (Phi) is 4.84. The molecule has 1 aliphatic carbocycles. The lowest BCUT2D eigenvalue weighted by molar-refractivity contribution is -0.149. The quantitative estimate of drug-likeness (QED) is 0.582. The van der Waals surface area contributed by atoms with E-state index >= 15 is 0 Å². The lowest BCUT2D eigenvalue weighted by atomic mass is 9.67. The standard InChI is InChI=1S/C27H33N5O4/c1-17(36-19-4-5-22-21(8-19)20-6-7-34-11-18(20)9-28-22)23-10-32(30-29-23)26-13-27(14-26)16-35-12-24(25(2,3)33)31(27)15-26/h4-5,8-10,17,24,33H,6-7,11-16H2,1-3H3/t17-,24?,26?,27?/m1/s1. The Hall–Kier alpha value is -2.59. The zero-order valence-electron chi connectivity index (χ0n) is 21.1. The van der Waals surface area contributed by atoms with Crippen LogP contribution in [0.5, 0.6) is 5.75 Å². The van der Waals surface area contributed by atoms with E-state index in [1.54, 1.807) is 0 Å². The number of pyridine rings is 1. The summed E-state index contributed by atoms with van der Waals surface area (Å²) in [5.74, 6) is 0.801. The fourth-order valence-electron chi connectivity index (χ4n) is 6.95. The molecule has 3 saturated heterocycles. The molecule has 1 N–H and O–H groups in total. The van der Waals surface area contributed by atoms with E-state index in [1.165, 1.54) is 5.56 Å². The van der Waals surface area contributed by atoms with Crippen LogP contribution < -0.4 is 4.74 Å². The van der Waals surface area contributed by atoms with Crippen LogP contribution in [0.25, 0.3) is 10.9 Å². The average Bonchev–Trinajstić information content (AvgIpc) is 3.54. The van der Waals surface area contributed by atoms with E-state index in [0.717, 1.165) is 66.9 Å². The second kappa shape index (κ2) is 7.71. The van der Waals surface area contributed by atoms with Gasteiger partial charge in [0, 0.05) is 23.7 Å². The van der Waals surface area contributed by atoms with E-state index in [4.69, 9.17) is 14.2 Å². The predicted molar refractivity (Wildman–Crippen MR) is 132 cm³/mol. The molecule has 2 aromatic heterocycles. The zero-order chi connectivity index (χ0) is 24.7. The summed E-state index contributed by atoms with van der Waals surface area (Å²) in [6, 6.07) is 6.07. The van der Waals surface area contributed by atoms with Crippen LogP contribution in [0, 0.1) is 0 Å². The van der Waals surface area contributed by atoms with E-state index in [2.05, 4.69) is 26.3 Å². The number of hydrogen-bond acceptors (Lipinski definition) is 8. The molecule has 190 valence electrons. The highest BCUT2D eigenvalue weighted by Gasteiger charge is 2.70. The minimum Gasteiger partial charge on any atom is -0.484 e. The van der Waals surface area contributed by atoms with Crippen LogP contribution in [0.1, 0.15) is 56.5 Å². The summed E-state index contributed by atoms with van der Waals surface area (Å²) in [6.45, 7) is 9.26. The summed E-state index contributed by atoms with van der Waals surface area (Å²) in [5.41, 5.74) is 3.34. The maximum Gasteiger partial charge on any atom is 0.141 e. The molecule has 2 atom stereocenters. The van der Waals surface area contributed by atoms with Crippen molar-refractivity contribution in [2.45, 2.75) is 75.5 Å². The van der Waals surface area contributed by atoms with Gasteiger partial charge < -0.3 is 19.3 Å².